The van der Waals surface area contributed by atoms with E-state index in [0.29, 0.717) is 30.3 Å². The molecule has 32 heavy (non-hydrogen) atoms. The molecule has 0 atom stereocenters. The number of nitrogens with two attached hydrogens (primary N) is 2. The molecule has 1 aromatic carbocycles. The number of unbranched alkanes of at least 4 members (excludes halogenated alkanes) is 1. The average molecular weight is 457 g/mol. The number of nitrogens with zero attached hydrogens (tertiary/aromatic N) is 5. The van der Waals surface area contributed by atoms with E-state index >= 15 is 0 Å². The first-order valence-electron chi connectivity index (χ1n) is 11.3. The fourth-order valence-corrected chi connectivity index (χ4v) is 4.44. The molecule has 0 unspecified atom stereocenters. The lowest BCUT2D eigenvalue weighted by Gasteiger charge is -2.34. The van der Waals surface area contributed by atoms with Crippen LogP contribution in [0.1, 0.15) is 24.2 Å². The summed E-state index contributed by atoms with van der Waals surface area (Å²) in [4.78, 5) is 20.0. The number of nitrogen functional groups attached to an aromatic ring is 1. The fourth-order valence-electron chi connectivity index (χ4n) is 4.20. The standard InChI is InChI=1S/C23H33ClN8/c1-30-11-13-32(14-12-30)20-7-9-27-23-22(20)28-21(29-23)16-31(10-3-2-8-25)15-17-18(24)5-4-6-19(17)26/h4-7,9H,2-3,8,10-16,25-26H2,1H3,(H,27,28,29). The molecule has 1 aliphatic heterocycles. The van der Waals surface area contributed by atoms with E-state index in [1.165, 1.54) is 5.69 Å². The molecule has 3 aromatic rings. The Hall–Kier alpha value is -2.39. The number of hydrogen-bond donors (Lipinski definition) is 3. The topological polar surface area (TPSA) is 103 Å². The van der Waals surface area contributed by atoms with Gasteiger partial charge in [-0.05, 0) is 51.2 Å². The molecule has 1 saturated heterocycles. The van der Waals surface area contributed by atoms with Gasteiger partial charge in [-0.1, -0.05) is 17.7 Å². The minimum Gasteiger partial charge on any atom is -0.398 e. The van der Waals surface area contributed by atoms with E-state index in [0.717, 1.165) is 68.1 Å². The van der Waals surface area contributed by atoms with Gasteiger partial charge in [0.1, 0.15) is 11.3 Å². The van der Waals surface area contributed by atoms with Crippen LogP contribution in [-0.4, -0.2) is 71.1 Å². The highest BCUT2D eigenvalue weighted by atomic mass is 35.5. The maximum absolute atomic E-state index is 6.45. The van der Waals surface area contributed by atoms with Crippen LogP contribution in [0.5, 0.6) is 0 Å². The van der Waals surface area contributed by atoms with Crippen LogP contribution < -0.4 is 16.4 Å². The van der Waals surface area contributed by atoms with Gasteiger partial charge in [-0.3, -0.25) is 4.90 Å². The van der Waals surface area contributed by atoms with Gasteiger partial charge in [-0.2, -0.15) is 0 Å². The average Bonchev–Trinajstić information content (AvgIpc) is 3.19. The molecule has 0 saturated carbocycles. The number of fused-ring (bicyclic) bond motifs is 1. The molecule has 1 fully saturated rings. The van der Waals surface area contributed by atoms with E-state index in [1.807, 2.05) is 24.4 Å². The second kappa shape index (κ2) is 10.5. The van der Waals surface area contributed by atoms with Crippen LogP contribution in [0.2, 0.25) is 5.02 Å². The van der Waals surface area contributed by atoms with Gasteiger partial charge >= 0.3 is 0 Å². The largest absolute Gasteiger partial charge is 0.398 e. The highest BCUT2D eigenvalue weighted by Gasteiger charge is 2.19. The summed E-state index contributed by atoms with van der Waals surface area (Å²) in [7, 11) is 2.17. The first kappa shape index (κ1) is 22.8. The number of hydrogen-bond acceptors (Lipinski definition) is 7. The summed E-state index contributed by atoms with van der Waals surface area (Å²) in [6.07, 6.45) is 3.83. The summed E-state index contributed by atoms with van der Waals surface area (Å²) in [5.74, 6) is 0.896. The molecule has 0 spiro atoms. The lowest BCUT2D eigenvalue weighted by Crippen LogP contribution is -2.44. The van der Waals surface area contributed by atoms with E-state index in [2.05, 4.69) is 37.8 Å². The monoisotopic (exact) mass is 456 g/mol. The van der Waals surface area contributed by atoms with Gasteiger partial charge in [-0.25, -0.2) is 9.97 Å². The van der Waals surface area contributed by atoms with Gasteiger partial charge < -0.3 is 26.3 Å². The molecule has 0 radical (unpaired) electrons. The Labute approximate surface area is 194 Å². The molecular formula is C23H33ClN8. The zero-order valence-electron chi connectivity index (χ0n) is 18.7. The predicted molar refractivity (Wildman–Crippen MR) is 132 cm³/mol. The van der Waals surface area contributed by atoms with E-state index in [1.54, 1.807) is 0 Å². The second-order valence-electron chi connectivity index (χ2n) is 8.52. The maximum atomic E-state index is 6.45. The highest BCUT2D eigenvalue weighted by molar-refractivity contribution is 6.31. The van der Waals surface area contributed by atoms with Crippen LogP contribution in [-0.2, 0) is 13.1 Å². The lowest BCUT2D eigenvalue weighted by molar-refractivity contribution is 0.247. The number of nitrogens with one attached hydrogen (secondary N) is 1. The quantitative estimate of drug-likeness (QED) is 0.336. The number of imidazole rings is 1. The number of benzene rings is 1. The van der Waals surface area contributed by atoms with Crippen molar-refractivity contribution in [2.24, 2.45) is 5.73 Å². The van der Waals surface area contributed by atoms with Crippen molar-refractivity contribution in [1.82, 2.24) is 24.8 Å². The number of anilines is 2. The van der Waals surface area contributed by atoms with Crippen LogP contribution in [0.4, 0.5) is 11.4 Å². The number of rotatable bonds is 9. The SMILES string of the molecule is CN1CCN(c2ccnc3nc(CN(CCCCN)Cc4c(N)cccc4Cl)[nH]c23)CC1. The Bertz CT molecular complexity index is 1010. The third-order valence-corrected chi connectivity index (χ3v) is 6.46. The molecule has 0 amide bonds. The Morgan fingerprint density at radius 1 is 1.12 bits per heavy atom. The van der Waals surface area contributed by atoms with Gasteiger partial charge in [0, 0.05) is 55.2 Å². The lowest BCUT2D eigenvalue weighted by atomic mass is 10.1. The summed E-state index contributed by atoms with van der Waals surface area (Å²) >= 11 is 6.45. The number of halogens is 1. The minimum absolute atomic E-state index is 0.659. The normalized spacial score (nSPS) is 15.2. The molecule has 4 rings (SSSR count). The number of piperazine rings is 1. The number of H-pyrrole nitrogens is 1. The first-order chi connectivity index (χ1) is 15.5. The molecule has 0 aliphatic carbocycles. The maximum Gasteiger partial charge on any atom is 0.179 e. The van der Waals surface area contributed by atoms with Crippen LogP contribution in [0.25, 0.3) is 11.2 Å². The van der Waals surface area contributed by atoms with Gasteiger partial charge in [0.25, 0.3) is 0 Å². The Kier molecular flexibility index (Phi) is 7.47. The van der Waals surface area contributed by atoms with Crippen molar-refractivity contribution in [3.63, 3.8) is 0 Å². The van der Waals surface area contributed by atoms with Crippen molar-refractivity contribution in [3.8, 4) is 0 Å². The number of aromatic nitrogens is 3. The summed E-state index contributed by atoms with van der Waals surface area (Å²) in [5, 5.41) is 0.692. The molecule has 8 nitrogen and oxygen atoms in total. The molecule has 0 bridgehead atoms. The molecular weight excluding hydrogens is 424 g/mol. The Morgan fingerprint density at radius 3 is 2.69 bits per heavy atom. The molecule has 3 heterocycles. The van der Waals surface area contributed by atoms with Gasteiger partial charge in [-0.15, -0.1) is 0 Å². The van der Waals surface area contributed by atoms with Crippen molar-refractivity contribution in [3.05, 3.63) is 46.9 Å². The van der Waals surface area contributed by atoms with Crippen molar-refractivity contribution in [2.45, 2.75) is 25.9 Å². The third kappa shape index (κ3) is 5.32. The van der Waals surface area contributed by atoms with E-state index in [4.69, 9.17) is 28.1 Å². The predicted octanol–water partition coefficient (Wildman–Crippen LogP) is 2.69. The zero-order chi connectivity index (χ0) is 22.5. The number of aromatic amines is 1. The zero-order valence-corrected chi connectivity index (χ0v) is 19.5. The molecule has 1 aliphatic rings. The van der Waals surface area contributed by atoms with E-state index < -0.39 is 0 Å². The van der Waals surface area contributed by atoms with Crippen molar-refractivity contribution in [2.75, 3.05) is 56.9 Å². The summed E-state index contributed by atoms with van der Waals surface area (Å²) in [6, 6.07) is 7.75. The van der Waals surface area contributed by atoms with Gasteiger partial charge in [0.15, 0.2) is 5.65 Å². The van der Waals surface area contributed by atoms with Gasteiger partial charge in [0.2, 0.25) is 0 Å². The molecule has 9 heteroatoms. The summed E-state index contributed by atoms with van der Waals surface area (Å²) in [6.45, 7) is 7.00. The van der Waals surface area contributed by atoms with Gasteiger partial charge in [0.05, 0.1) is 12.2 Å². The Balaban J connectivity index is 1.56. The van der Waals surface area contributed by atoms with E-state index in [-0.39, 0.29) is 0 Å². The molecule has 5 N–H and O–H groups in total. The molecule has 2 aromatic heterocycles. The van der Waals surface area contributed by atoms with Crippen LogP contribution in [0, 0.1) is 0 Å². The first-order valence-corrected chi connectivity index (χ1v) is 11.7. The summed E-state index contributed by atoms with van der Waals surface area (Å²) in [5.41, 5.74) is 16.5. The molecule has 172 valence electrons. The van der Waals surface area contributed by atoms with Crippen LogP contribution in [0.3, 0.4) is 0 Å². The minimum atomic E-state index is 0.659. The highest BCUT2D eigenvalue weighted by Crippen LogP contribution is 2.27. The second-order valence-corrected chi connectivity index (χ2v) is 8.92. The van der Waals surface area contributed by atoms with Crippen LogP contribution in [0.15, 0.2) is 30.5 Å². The van der Waals surface area contributed by atoms with E-state index in [9.17, 15) is 0 Å². The third-order valence-electron chi connectivity index (χ3n) is 6.10. The van der Waals surface area contributed by atoms with Crippen LogP contribution >= 0.6 is 11.6 Å². The number of likely N-dealkylation sites (N-methyl/N-ethyl adjacent to an activating group) is 1. The number of pyridine rings is 1. The smallest absolute Gasteiger partial charge is 0.179 e. The van der Waals surface area contributed by atoms with Crippen molar-refractivity contribution in [1.29, 1.82) is 0 Å². The van der Waals surface area contributed by atoms with Crippen molar-refractivity contribution < 1.29 is 0 Å². The fraction of sp³-hybridized carbons (Fsp3) is 0.478. The van der Waals surface area contributed by atoms with Crippen molar-refractivity contribution >= 4 is 34.1 Å². The Morgan fingerprint density at radius 2 is 1.94 bits per heavy atom. The summed E-state index contributed by atoms with van der Waals surface area (Å²) < 4.78 is 0.